The second-order valence-corrected chi connectivity index (χ2v) is 5.48. The summed E-state index contributed by atoms with van der Waals surface area (Å²) in [5.74, 6) is -0.493. The number of nitro groups is 1. The summed E-state index contributed by atoms with van der Waals surface area (Å²) in [6.07, 6.45) is 4.65. The fraction of sp³-hybridized carbons (Fsp3) is 0. The molecule has 0 unspecified atom stereocenters. The number of hydrogen-bond donors (Lipinski definition) is 1. The van der Waals surface area contributed by atoms with Crippen LogP contribution in [0.1, 0.15) is 16.1 Å². The molecule has 0 bridgehead atoms. The quantitative estimate of drug-likeness (QED) is 0.323. The number of benzene rings is 1. The zero-order valence-electron chi connectivity index (χ0n) is 13.2. The van der Waals surface area contributed by atoms with Crippen LogP contribution in [0.25, 0.3) is 5.69 Å². The fourth-order valence-electron chi connectivity index (χ4n) is 2.26. The molecule has 0 saturated heterocycles. The number of carbonyl (C=O) groups excluding carboxylic acids is 1. The average molecular weight is 370 g/mol. The highest BCUT2D eigenvalue weighted by Gasteiger charge is 2.10. The normalized spacial score (nSPS) is 10.8. The zero-order valence-corrected chi connectivity index (χ0v) is 14.0. The molecular formula is C17H12ClN5O3. The first kappa shape index (κ1) is 17.3. The van der Waals surface area contributed by atoms with Gasteiger partial charge in [-0.3, -0.25) is 14.9 Å². The van der Waals surface area contributed by atoms with Gasteiger partial charge in [-0.25, -0.2) is 10.4 Å². The maximum absolute atomic E-state index is 12.0. The van der Waals surface area contributed by atoms with E-state index in [4.69, 9.17) is 11.6 Å². The fourth-order valence-corrected chi connectivity index (χ4v) is 2.47. The van der Waals surface area contributed by atoms with Gasteiger partial charge in [0.1, 0.15) is 5.15 Å². The molecule has 9 heteroatoms. The molecule has 0 saturated carbocycles. The van der Waals surface area contributed by atoms with E-state index in [0.29, 0.717) is 11.4 Å². The van der Waals surface area contributed by atoms with Crippen molar-refractivity contribution < 1.29 is 9.72 Å². The van der Waals surface area contributed by atoms with Crippen LogP contribution in [0.15, 0.2) is 66.0 Å². The maximum atomic E-state index is 12.0. The molecule has 0 atom stereocenters. The number of aromatic nitrogens is 2. The Bertz CT molecular complexity index is 999. The van der Waals surface area contributed by atoms with E-state index in [0.717, 1.165) is 0 Å². The minimum absolute atomic E-state index is 0.0152. The van der Waals surface area contributed by atoms with E-state index in [1.54, 1.807) is 41.1 Å². The summed E-state index contributed by atoms with van der Waals surface area (Å²) in [5, 5.41) is 14.9. The van der Waals surface area contributed by atoms with Crippen LogP contribution in [-0.4, -0.2) is 26.6 Å². The van der Waals surface area contributed by atoms with Crippen LogP contribution in [0.4, 0.5) is 5.69 Å². The Hall–Kier alpha value is -3.52. The first-order valence-electron chi connectivity index (χ1n) is 7.42. The number of amides is 1. The van der Waals surface area contributed by atoms with Gasteiger partial charge in [-0.15, -0.1) is 0 Å². The average Bonchev–Trinajstić information content (AvgIpc) is 3.10. The topological polar surface area (TPSA) is 102 Å². The van der Waals surface area contributed by atoms with Crippen molar-refractivity contribution in [3.8, 4) is 5.69 Å². The Morgan fingerprint density at radius 1 is 1.27 bits per heavy atom. The Morgan fingerprint density at radius 3 is 2.88 bits per heavy atom. The first-order chi connectivity index (χ1) is 12.6. The van der Waals surface area contributed by atoms with Crippen LogP contribution < -0.4 is 5.43 Å². The molecule has 1 N–H and O–H groups in total. The highest BCUT2D eigenvalue weighted by atomic mass is 35.5. The molecule has 0 aliphatic rings. The second kappa shape index (κ2) is 7.58. The van der Waals surface area contributed by atoms with E-state index in [-0.39, 0.29) is 16.4 Å². The summed E-state index contributed by atoms with van der Waals surface area (Å²) >= 11 is 5.86. The van der Waals surface area contributed by atoms with Crippen molar-refractivity contribution in [2.75, 3.05) is 0 Å². The van der Waals surface area contributed by atoms with Crippen molar-refractivity contribution in [3.63, 3.8) is 0 Å². The number of hydrogen-bond acceptors (Lipinski definition) is 5. The molecule has 0 spiro atoms. The van der Waals surface area contributed by atoms with Crippen molar-refractivity contribution in [2.45, 2.75) is 0 Å². The third kappa shape index (κ3) is 3.76. The minimum atomic E-state index is -0.493. The van der Waals surface area contributed by atoms with Gasteiger partial charge in [0.15, 0.2) is 0 Å². The summed E-state index contributed by atoms with van der Waals surface area (Å²) in [5.41, 5.74) is 3.80. The maximum Gasteiger partial charge on any atom is 0.274 e. The Morgan fingerprint density at radius 2 is 2.12 bits per heavy atom. The van der Waals surface area contributed by atoms with Crippen LogP contribution in [-0.2, 0) is 0 Å². The third-order valence-corrected chi connectivity index (χ3v) is 3.77. The van der Waals surface area contributed by atoms with Crippen molar-refractivity contribution in [2.24, 2.45) is 5.10 Å². The first-order valence-corrected chi connectivity index (χ1v) is 7.80. The SMILES string of the molecule is O=C(NN=Cc1cccn1-c1cccc([N+](=O)[O-])c1)c1cccnc1Cl. The molecule has 130 valence electrons. The molecule has 0 aliphatic heterocycles. The number of non-ortho nitro benzene ring substituents is 1. The standard InChI is InChI=1S/C17H12ClN5O3/c18-16-15(7-2-8-19-16)17(24)21-20-11-14-6-3-9-22(14)12-4-1-5-13(10-12)23(25)26/h1-11H,(H,21,24). The van der Waals surface area contributed by atoms with Crippen molar-refractivity contribution >= 4 is 29.4 Å². The predicted molar refractivity (Wildman–Crippen MR) is 96.7 cm³/mol. The lowest BCUT2D eigenvalue weighted by Crippen LogP contribution is -2.18. The molecule has 2 aromatic heterocycles. The van der Waals surface area contributed by atoms with E-state index in [1.807, 2.05) is 0 Å². The van der Waals surface area contributed by atoms with E-state index < -0.39 is 10.8 Å². The number of nitrogens with zero attached hydrogens (tertiary/aromatic N) is 4. The lowest BCUT2D eigenvalue weighted by Gasteiger charge is -2.06. The smallest absolute Gasteiger partial charge is 0.274 e. The number of pyridine rings is 1. The van der Waals surface area contributed by atoms with Crippen LogP contribution in [0.3, 0.4) is 0 Å². The van der Waals surface area contributed by atoms with E-state index in [1.165, 1.54) is 30.6 Å². The summed E-state index contributed by atoms with van der Waals surface area (Å²) < 4.78 is 1.71. The summed E-state index contributed by atoms with van der Waals surface area (Å²) in [6, 6.07) is 12.8. The monoisotopic (exact) mass is 369 g/mol. The van der Waals surface area contributed by atoms with E-state index >= 15 is 0 Å². The molecule has 0 fully saturated rings. The van der Waals surface area contributed by atoms with E-state index in [2.05, 4.69) is 15.5 Å². The Kier molecular flexibility index (Phi) is 5.04. The molecular weight excluding hydrogens is 358 g/mol. The molecule has 1 amide bonds. The van der Waals surface area contributed by atoms with Crippen LogP contribution in [0.5, 0.6) is 0 Å². The summed E-state index contributed by atoms with van der Waals surface area (Å²) in [4.78, 5) is 26.3. The molecule has 0 aliphatic carbocycles. The van der Waals surface area contributed by atoms with Gasteiger partial charge in [0.25, 0.3) is 11.6 Å². The third-order valence-electron chi connectivity index (χ3n) is 3.47. The van der Waals surface area contributed by atoms with Crippen molar-refractivity contribution in [1.29, 1.82) is 0 Å². The molecule has 0 radical (unpaired) electrons. The number of carbonyl (C=O) groups is 1. The molecule has 3 rings (SSSR count). The van der Waals surface area contributed by atoms with Crippen LogP contribution in [0.2, 0.25) is 5.15 Å². The molecule has 3 aromatic rings. The zero-order chi connectivity index (χ0) is 18.5. The van der Waals surface area contributed by atoms with Gasteiger partial charge in [0.05, 0.1) is 28.1 Å². The molecule has 8 nitrogen and oxygen atoms in total. The van der Waals surface area contributed by atoms with Gasteiger partial charge < -0.3 is 4.57 Å². The number of halogens is 1. The van der Waals surface area contributed by atoms with Crippen molar-refractivity contribution in [3.05, 3.63) is 87.4 Å². The Labute approximate surface area is 152 Å². The van der Waals surface area contributed by atoms with Gasteiger partial charge in [-0.05, 0) is 30.3 Å². The molecule has 26 heavy (non-hydrogen) atoms. The van der Waals surface area contributed by atoms with Gasteiger partial charge in [0, 0.05) is 24.5 Å². The summed E-state index contributed by atoms with van der Waals surface area (Å²) in [6.45, 7) is 0. The molecule has 1 aromatic carbocycles. The van der Waals surface area contributed by atoms with Gasteiger partial charge in [0.2, 0.25) is 0 Å². The molecule has 2 heterocycles. The van der Waals surface area contributed by atoms with Gasteiger partial charge in [-0.1, -0.05) is 17.7 Å². The van der Waals surface area contributed by atoms with Crippen molar-refractivity contribution in [1.82, 2.24) is 15.0 Å². The number of hydrazone groups is 1. The summed E-state index contributed by atoms with van der Waals surface area (Å²) in [7, 11) is 0. The van der Waals surface area contributed by atoms with Gasteiger partial charge in [-0.2, -0.15) is 5.10 Å². The van der Waals surface area contributed by atoms with E-state index in [9.17, 15) is 14.9 Å². The lowest BCUT2D eigenvalue weighted by atomic mass is 10.2. The number of nitrogens with one attached hydrogen (secondary N) is 1. The lowest BCUT2D eigenvalue weighted by molar-refractivity contribution is -0.384. The largest absolute Gasteiger partial charge is 0.315 e. The predicted octanol–water partition coefficient (Wildman–Crippen LogP) is 3.20. The highest BCUT2D eigenvalue weighted by Crippen LogP contribution is 2.18. The Balaban J connectivity index is 1.78. The van der Waals surface area contributed by atoms with Gasteiger partial charge >= 0.3 is 0 Å². The number of nitro benzene ring substituents is 1. The van der Waals surface area contributed by atoms with Crippen LogP contribution >= 0.6 is 11.6 Å². The minimum Gasteiger partial charge on any atom is -0.315 e. The highest BCUT2D eigenvalue weighted by molar-refractivity contribution is 6.32. The number of rotatable bonds is 5. The van der Waals surface area contributed by atoms with Crippen LogP contribution in [0, 0.1) is 10.1 Å². The second-order valence-electron chi connectivity index (χ2n) is 5.12.